The van der Waals surface area contributed by atoms with E-state index in [0.29, 0.717) is 5.69 Å². The SMILES string of the molecule is CCOC(=O)c1ccccc1NNC(=O)CCC(=O)O. The quantitative estimate of drug-likeness (QED) is 0.511. The van der Waals surface area contributed by atoms with Crippen LogP contribution in [0.3, 0.4) is 0 Å². The predicted octanol–water partition coefficient (Wildman–Crippen LogP) is 1.17. The summed E-state index contributed by atoms with van der Waals surface area (Å²) in [5.41, 5.74) is 5.58. The summed E-state index contributed by atoms with van der Waals surface area (Å²) < 4.78 is 4.89. The number of para-hydroxylation sites is 1. The number of carbonyl (C=O) groups is 3. The molecule has 0 bridgehead atoms. The van der Waals surface area contributed by atoms with Crippen molar-refractivity contribution in [1.29, 1.82) is 0 Å². The molecule has 0 aliphatic carbocycles. The molecule has 1 amide bonds. The number of aliphatic carboxylic acids is 1. The average molecular weight is 280 g/mol. The summed E-state index contributed by atoms with van der Waals surface area (Å²) in [6.45, 7) is 1.94. The fraction of sp³-hybridized carbons (Fsp3) is 0.308. The third-order valence-electron chi connectivity index (χ3n) is 2.32. The summed E-state index contributed by atoms with van der Waals surface area (Å²) in [5.74, 6) is -2.03. The molecule has 0 saturated heterocycles. The Morgan fingerprint density at radius 1 is 1.20 bits per heavy atom. The Kier molecular flexibility index (Phi) is 6.02. The van der Waals surface area contributed by atoms with Gasteiger partial charge in [0.15, 0.2) is 0 Å². The fourth-order valence-electron chi connectivity index (χ4n) is 1.40. The number of hydrazine groups is 1. The first-order valence-electron chi connectivity index (χ1n) is 6.07. The van der Waals surface area contributed by atoms with Crippen molar-refractivity contribution in [1.82, 2.24) is 5.43 Å². The Morgan fingerprint density at radius 2 is 1.90 bits per heavy atom. The van der Waals surface area contributed by atoms with E-state index in [2.05, 4.69) is 10.9 Å². The molecule has 0 fully saturated rings. The van der Waals surface area contributed by atoms with Gasteiger partial charge < -0.3 is 9.84 Å². The smallest absolute Gasteiger partial charge is 0.340 e. The van der Waals surface area contributed by atoms with Crippen LogP contribution in [0.1, 0.15) is 30.1 Å². The molecule has 0 spiro atoms. The lowest BCUT2D eigenvalue weighted by Crippen LogP contribution is -2.30. The van der Waals surface area contributed by atoms with Gasteiger partial charge in [0.05, 0.1) is 24.3 Å². The molecule has 1 aromatic carbocycles. The van der Waals surface area contributed by atoms with E-state index in [1.54, 1.807) is 31.2 Å². The third-order valence-corrected chi connectivity index (χ3v) is 2.32. The van der Waals surface area contributed by atoms with E-state index in [1.807, 2.05) is 0 Å². The van der Waals surface area contributed by atoms with Gasteiger partial charge >= 0.3 is 11.9 Å². The van der Waals surface area contributed by atoms with Crippen molar-refractivity contribution < 1.29 is 24.2 Å². The molecular formula is C13H16N2O5. The van der Waals surface area contributed by atoms with E-state index in [9.17, 15) is 14.4 Å². The lowest BCUT2D eigenvalue weighted by molar-refractivity contribution is -0.138. The molecule has 3 N–H and O–H groups in total. The van der Waals surface area contributed by atoms with Crippen LogP contribution >= 0.6 is 0 Å². The van der Waals surface area contributed by atoms with Gasteiger partial charge in [0.2, 0.25) is 5.91 Å². The van der Waals surface area contributed by atoms with Crippen molar-refractivity contribution in [2.75, 3.05) is 12.0 Å². The van der Waals surface area contributed by atoms with Gasteiger partial charge in [-0.3, -0.25) is 20.4 Å². The molecule has 1 rings (SSSR count). The first-order chi connectivity index (χ1) is 9.54. The first kappa shape index (κ1) is 15.5. The van der Waals surface area contributed by atoms with Gasteiger partial charge in [-0.25, -0.2) is 4.79 Å². The summed E-state index contributed by atoms with van der Waals surface area (Å²) in [6.07, 6.45) is -0.406. The number of ether oxygens (including phenoxy) is 1. The second kappa shape index (κ2) is 7.78. The number of carboxylic acids is 1. The van der Waals surface area contributed by atoms with Crippen molar-refractivity contribution in [3.8, 4) is 0 Å². The van der Waals surface area contributed by atoms with Crippen molar-refractivity contribution >= 4 is 23.5 Å². The van der Waals surface area contributed by atoms with Crippen LogP contribution < -0.4 is 10.9 Å². The number of hydrogen-bond donors (Lipinski definition) is 3. The van der Waals surface area contributed by atoms with E-state index < -0.39 is 17.8 Å². The molecule has 0 atom stereocenters. The number of carboxylic acid groups (broad SMARTS) is 1. The molecular weight excluding hydrogens is 264 g/mol. The molecule has 7 nitrogen and oxygen atoms in total. The summed E-state index contributed by atoms with van der Waals surface area (Å²) in [7, 11) is 0. The number of benzene rings is 1. The van der Waals surface area contributed by atoms with Gasteiger partial charge in [0.1, 0.15) is 0 Å². The maximum atomic E-state index is 11.7. The number of nitrogens with one attached hydrogen (secondary N) is 2. The molecule has 0 aromatic heterocycles. The topological polar surface area (TPSA) is 105 Å². The van der Waals surface area contributed by atoms with E-state index in [0.717, 1.165) is 0 Å². The molecule has 0 aliphatic rings. The average Bonchev–Trinajstić information content (AvgIpc) is 2.43. The van der Waals surface area contributed by atoms with Gasteiger partial charge in [0.25, 0.3) is 0 Å². The minimum Gasteiger partial charge on any atom is -0.481 e. The van der Waals surface area contributed by atoms with Crippen molar-refractivity contribution in [3.05, 3.63) is 29.8 Å². The van der Waals surface area contributed by atoms with Crippen LogP contribution in [0.2, 0.25) is 0 Å². The maximum absolute atomic E-state index is 11.7. The Balaban J connectivity index is 2.61. The van der Waals surface area contributed by atoms with Crippen LogP contribution in [-0.4, -0.2) is 29.6 Å². The summed E-state index contributed by atoms with van der Waals surface area (Å²) in [6, 6.07) is 6.52. The molecule has 1 aromatic rings. The van der Waals surface area contributed by atoms with Crippen LogP contribution in [0, 0.1) is 0 Å². The van der Waals surface area contributed by atoms with E-state index >= 15 is 0 Å². The number of carbonyl (C=O) groups excluding carboxylic acids is 2. The van der Waals surface area contributed by atoms with Gasteiger partial charge in [-0.1, -0.05) is 12.1 Å². The Labute approximate surface area is 115 Å². The van der Waals surface area contributed by atoms with Crippen molar-refractivity contribution in [2.24, 2.45) is 0 Å². The van der Waals surface area contributed by atoms with E-state index in [-0.39, 0.29) is 25.0 Å². The third kappa shape index (κ3) is 4.97. The van der Waals surface area contributed by atoms with Crippen LogP contribution in [0.5, 0.6) is 0 Å². The van der Waals surface area contributed by atoms with Gasteiger partial charge in [-0.05, 0) is 19.1 Å². The van der Waals surface area contributed by atoms with E-state index in [1.165, 1.54) is 0 Å². The molecule has 0 unspecified atom stereocenters. The Bertz CT molecular complexity index is 501. The minimum absolute atomic E-state index is 0.149. The van der Waals surface area contributed by atoms with Crippen LogP contribution in [0.4, 0.5) is 5.69 Å². The maximum Gasteiger partial charge on any atom is 0.340 e. The fourth-order valence-corrected chi connectivity index (χ4v) is 1.40. The summed E-state index contributed by atoms with van der Waals surface area (Å²) in [4.78, 5) is 33.4. The highest BCUT2D eigenvalue weighted by Crippen LogP contribution is 2.15. The minimum atomic E-state index is -1.05. The van der Waals surface area contributed by atoms with Crippen LogP contribution in [0.25, 0.3) is 0 Å². The monoisotopic (exact) mass is 280 g/mol. The second-order valence-electron chi connectivity index (χ2n) is 3.83. The molecule has 0 saturated carbocycles. The zero-order chi connectivity index (χ0) is 15.0. The molecule has 20 heavy (non-hydrogen) atoms. The van der Waals surface area contributed by atoms with E-state index in [4.69, 9.17) is 9.84 Å². The normalized spacial score (nSPS) is 9.65. The van der Waals surface area contributed by atoms with Crippen LogP contribution in [0.15, 0.2) is 24.3 Å². The number of rotatable bonds is 7. The lowest BCUT2D eigenvalue weighted by atomic mass is 10.2. The van der Waals surface area contributed by atoms with Crippen molar-refractivity contribution in [2.45, 2.75) is 19.8 Å². The van der Waals surface area contributed by atoms with Gasteiger partial charge in [-0.15, -0.1) is 0 Å². The molecule has 0 radical (unpaired) electrons. The number of esters is 1. The van der Waals surface area contributed by atoms with Crippen LogP contribution in [-0.2, 0) is 14.3 Å². The largest absolute Gasteiger partial charge is 0.481 e. The highest BCUT2D eigenvalue weighted by molar-refractivity contribution is 5.96. The summed E-state index contributed by atoms with van der Waals surface area (Å²) >= 11 is 0. The lowest BCUT2D eigenvalue weighted by Gasteiger charge is -2.11. The number of anilines is 1. The van der Waals surface area contributed by atoms with Gasteiger partial charge in [0, 0.05) is 6.42 Å². The predicted molar refractivity (Wildman–Crippen MR) is 71.0 cm³/mol. The summed E-state index contributed by atoms with van der Waals surface area (Å²) in [5, 5.41) is 8.46. The molecule has 108 valence electrons. The number of amides is 1. The second-order valence-corrected chi connectivity index (χ2v) is 3.83. The standard InChI is InChI=1S/C13H16N2O5/c1-2-20-13(19)9-5-3-4-6-10(9)14-15-11(16)7-8-12(17)18/h3-6,14H,2,7-8H2,1H3,(H,15,16)(H,17,18). The zero-order valence-electron chi connectivity index (χ0n) is 11.0. The zero-order valence-corrected chi connectivity index (χ0v) is 11.0. The molecule has 0 aliphatic heterocycles. The molecule has 7 heteroatoms. The molecule has 0 heterocycles. The Hall–Kier alpha value is -2.57. The number of hydrogen-bond acceptors (Lipinski definition) is 5. The first-order valence-corrected chi connectivity index (χ1v) is 6.07. The van der Waals surface area contributed by atoms with Crippen molar-refractivity contribution in [3.63, 3.8) is 0 Å². The highest BCUT2D eigenvalue weighted by atomic mass is 16.5. The Morgan fingerprint density at radius 3 is 2.55 bits per heavy atom. The highest BCUT2D eigenvalue weighted by Gasteiger charge is 2.12. The van der Waals surface area contributed by atoms with Gasteiger partial charge in [-0.2, -0.15) is 0 Å².